The van der Waals surface area contributed by atoms with E-state index in [4.69, 9.17) is 16.3 Å². The van der Waals surface area contributed by atoms with Crippen molar-refractivity contribution in [3.63, 3.8) is 0 Å². The smallest absolute Gasteiger partial charge is 0.412 e. The van der Waals surface area contributed by atoms with Gasteiger partial charge in [-0.3, -0.25) is 5.32 Å². The minimum absolute atomic E-state index is 0.0307. The van der Waals surface area contributed by atoms with Crippen molar-refractivity contribution in [3.8, 4) is 11.1 Å². The topological polar surface area (TPSA) is 75.6 Å². The van der Waals surface area contributed by atoms with Gasteiger partial charge in [0.1, 0.15) is 16.2 Å². The molecule has 0 radical (unpaired) electrons. The van der Waals surface area contributed by atoms with Crippen molar-refractivity contribution in [3.05, 3.63) is 40.2 Å². The van der Waals surface area contributed by atoms with E-state index in [9.17, 15) is 14.7 Å². The van der Waals surface area contributed by atoms with Crippen molar-refractivity contribution in [2.75, 3.05) is 5.32 Å². The van der Waals surface area contributed by atoms with Gasteiger partial charge in [0.25, 0.3) is 0 Å². The molecule has 0 aliphatic heterocycles. The highest BCUT2D eigenvalue weighted by molar-refractivity contribution is 7.15. The van der Waals surface area contributed by atoms with E-state index in [1.54, 1.807) is 50.4 Å². The van der Waals surface area contributed by atoms with Crippen molar-refractivity contribution in [2.45, 2.75) is 26.4 Å². The molecule has 0 spiro atoms. The first-order valence-corrected chi connectivity index (χ1v) is 8.04. The van der Waals surface area contributed by atoms with Crippen LogP contribution in [0.1, 0.15) is 31.1 Å². The first kappa shape index (κ1) is 17.3. The molecule has 2 rings (SSSR count). The molecular weight excluding hydrogens is 338 g/mol. The Hall–Kier alpha value is -2.05. The Morgan fingerprint density at radius 1 is 1.22 bits per heavy atom. The zero-order valence-corrected chi connectivity index (χ0v) is 14.4. The van der Waals surface area contributed by atoms with Crippen LogP contribution in [0.4, 0.5) is 9.80 Å². The number of nitrogens with one attached hydrogen (secondary N) is 1. The third kappa shape index (κ3) is 4.46. The average Bonchev–Trinajstić information content (AvgIpc) is 2.81. The first-order chi connectivity index (χ1) is 10.7. The molecule has 0 bridgehead atoms. The van der Waals surface area contributed by atoms with Crippen LogP contribution in [0.2, 0.25) is 5.02 Å². The minimum atomic E-state index is -1.12. The highest BCUT2D eigenvalue weighted by Gasteiger charge is 2.23. The summed E-state index contributed by atoms with van der Waals surface area (Å²) in [5, 5.41) is 14.5. The van der Waals surface area contributed by atoms with E-state index >= 15 is 0 Å². The summed E-state index contributed by atoms with van der Waals surface area (Å²) >= 11 is 6.98. The number of carbonyl (C=O) groups is 2. The highest BCUT2D eigenvalue weighted by atomic mass is 35.5. The normalized spacial score (nSPS) is 11.1. The number of amides is 1. The van der Waals surface area contributed by atoms with Crippen molar-refractivity contribution < 1.29 is 19.4 Å². The Kier molecular flexibility index (Phi) is 4.97. The average molecular weight is 354 g/mol. The number of carbonyl (C=O) groups excluding carboxylic acids is 1. The molecule has 1 aromatic heterocycles. The summed E-state index contributed by atoms with van der Waals surface area (Å²) in [6.45, 7) is 5.20. The Bertz CT molecular complexity index is 732. The molecular formula is C16H16ClNO4S. The number of hydrogen-bond acceptors (Lipinski definition) is 4. The second-order valence-corrected chi connectivity index (χ2v) is 7.11. The summed E-state index contributed by atoms with van der Waals surface area (Å²) < 4.78 is 5.15. The van der Waals surface area contributed by atoms with E-state index in [1.165, 1.54) is 0 Å². The standard InChI is InChI=1S/C16H16ClNO4S/c1-16(2,3)22-15(21)18-13-12(14(19)20)11(8-23-13)9-4-6-10(17)7-5-9/h4-8H,1-3H3,(H,18,21)(H,19,20). The lowest BCUT2D eigenvalue weighted by molar-refractivity contribution is 0.0636. The minimum Gasteiger partial charge on any atom is -0.478 e. The molecule has 0 saturated heterocycles. The number of halogens is 1. The maximum Gasteiger partial charge on any atom is 0.412 e. The highest BCUT2D eigenvalue weighted by Crippen LogP contribution is 2.36. The number of hydrogen-bond donors (Lipinski definition) is 2. The molecule has 0 unspecified atom stereocenters. The van der Waals surface area contributed by atoms with E-state index in [1.807, 2.05) is 0 Å². The van der Waals surface area contributed by atoms with Crippen LogP contribution >= 0.6 is 22.9 Å². The van der Waals surface area contributed by atoms with Crippen molar-refractivity contribution in [2.24, 2.45) is 0 Å². The lowest BCUT2D eigenvalue weighted by atomic mass is 10.0. The quantitative estimate of drug-likeness (QED) is 0.803. The van der Waals surface area contributed by atoms with E-state index in [0.29, 0.717) is 16.1 Å². The van der Waals surface area contributed by atoms with Crippen molar-refractivity contribution in [1.82, 2.24) is 0 Å². The number of rotatable bonds is 3. The Labute approximate surface area is 142 Å². The van der Waals surface area contributed by atoms with Crippen LogP contribution < -0.4 is 5.32 Å². The summed E-state index contributed by atoms with van der Waals surface area (Å²) in [7, 11) is 0. The van der Waals surface area contributed by atoms with Crippen LogP contribution in [0.25, 0.3) is 11.1 Å². The molecule has 1 amide bonds. The Morgan fingerprint density at radius 2 is 1.83 bits per heavy atom. The molecule has 0 aliphatic rings. The molecule has 1 heterocycles. The van der Waals surface area contributed by atoms with Gasteiger partial charge in [0.15, 0.2) is 0 Å². The predicted octanol–water partition coefficient (Wildman–Crippen LogP) is 5.11. The monoisotopic (exact) mass is 353 g/mol. The molecule has 5 nitrogen and oxygen atoms in total. The predicted molar refractivity (Wildman–Crippen MR) is 91.6 cm³/mol. The summed E-state index contributed by atoms with van der Waals surface area (Å²) in [5.74, 6) is -1.12. The van der Waals surface area contributed by atoms with Gasteiger partial charge in [-0.2, -0.15) is 0 Å². The number of aromatic carboxylic acids is 1. The second kappa shape index (κ2) is 6.60. The lowest BCUT2D eigenvalue weighted by Gasteiger charge is -2.19. The van der Waals surface area contributed by atoms with Crippen molar-refractivity contribution in [1.29, 1.82) is 0 Å². The van der Waals surface area contributed by atoms with Gasteiger partial charge in [0, 0.05) is 16.0 Å². The molecule has 122 valence electrons. The van der Waals surface area contributed by atoms with Gasteiger partial charge < -0.3 is 9.84 Å². The summed E-state index contributed by atoms with van der Waals surface area (Å²) in [6.07, 6.45) is -0.690. The Morgan fingerprint density at radius 3 is 2.35 bits per heavy atom. The zero-order valence-electron chi connectivity index (χ0n) is 12.8. The Balaban J connectivity index is 2.34. The molecule has 1 aromatic carbocycles. The third-order valence-corrected chi connectivity index (χ3v) is 3.92. The van der Waals surface area contributed by atoms with Gasteiger partial charge in [-0.05, 0) is 38.5 Å². The van der Waals surface area contributed by atoms with Crippen LogP contribution in [0.5, 0.6) is 0 Å². The van der Waals surface area contributed by atoms with Gasteiger partial charge in [0.05, 0.1) is 0 Å². The maximum absolute atomic E-state index is 11.9. The number of ether oxygens (including phenoxy) is 1. The fraction of sp³-hybridized carbons (Fsp3) is 0.250. The second-order valence-electron chi connectivity index (χ2n) is 5.79. The molecule has 23 heavy (non-hydrogen) atoms. The number of thiophene rings is 1. The van der Waals surface area contributed by atoms with E-state index in [0.717, 1.165) is 11.3 Å². The van der Waals surface area contributed by atoms with E-state index in [-0.39, 0.29) is 10.6 Å². The lowest BCUT2D eigenvalue weighted by Crippen LogP contribution is -2.27. The van der Waals surface area contributed by atoms with Gasteiger partial charge >= 0.3 is 12.1 Å². The van der Waals surface area contributed by atoms with Crippen molar-refractivity contribution >= 4 is 40.0 Å². The van der Waals surface area contributed by atoms with Gasteiger partial charge in [0.2, 0.25) is 0 Å². The van der Waals surface area contributed by atoms with Crippen LogP contribution in [-0.4, -0.2) is 22.8 Å². The fourth-order valence-electron chi connectivity index (χ4n) is 1.90. The molecule has 0 fully saturated rings. The molecule has 0 aliphatic carbocycles. The summed E-state index contributed by atoms with van der Waals surface area (Å²) in [6, 6.07) is 6.82. The van der Waals surface area contributed by atoms with Gasteiger partial charge in [-0.15, -0.1) is 11.3 Å². The van der Waals surface area contributed by atoms with E-state index in [2.05, 4.69) is 5.32 Å². The van der Waals surface area contributed by atoms with Gasteiger partial charge in [-0.25, -0.2) is 9.59 Å². The molecule has 7 heteroatoms. The van der Waals surface area contributed by atoms with Gasteiger partial charge in [-0.1, -0.05) is 23.7 Å². The molecule has 2 N–H and O–H groups in total. The number of carboxylic acids is 1. The third-order valence-electron chi connectivity index (χ3n) is 2.77. The number of benzene rings is 1. The van der Waals surface area contributed by atoms with Crippen LogP contribution in [0.3, 0.4) is 0 Å². The van der Waals surface area contributed by atoms with E-state index < -0.39 is 17.7 Å². The van der Waals surface area contributed by atoms with Crippen LogP contribution in [-0.2, 0) is 4.74 Å². The summed E-state index contributed by atoms with van der Waals surface area (Å²) in [4.78, 5) is 23.5. The molecule has 0 atom stereocenters. The first-order valence-electron chi connectivity index (χ1n) is 6.78. The van der Waals surface area contributed by atoms with Crippen LogP contribution in [0.15, 0.2) is 29.6 Å². The largest absolute Gasteiger partial charge is 0.478 e. The number of anilines is 1. The SMILES string of the molecule is CC(C)(C)OC(=O)Nc1scc(-c2ccc(Cl)cc2)c1C(=O)O. The number of carboxylic acid groups (broad SMARTS) is 1. The maximum atomic E-state index is 11.9. The summed E-state index contributed by atoms with van der Waals surface area (Å²) in [5.41, 5.74) is 0.595. The van der Waals surface area contributed by atoms with Crippen LogP contribution in [0, 0.1) is 0 Å². The molecule has 2 aromatic rings. The molecule has 0 saturated carbocycles. The fourth-order valence-corrected chi connectivity index (χ4v) is 2.97. The zero-order chi connectivity index (χ0) is 17.2.